The van der Waals surface area contributed by atoms with E-state index in [9.17, 15) is 13.6 Å². The Balaban J connectivity index is 2.66. The Kier molecular flexibility index (Phi) is 2.52. The van der Waals surface area contributed by atoms with Gasteiger partial charge in [0.05, 0.1) is 5.69 Å². The maximum atomic E-state index is 13.4. The van der Waals surface area contributed by atoms with Gasteiger partial charge in [0.25, 0.3) is 0 Å². The minimum Gasteiger partial charge on any atom is -0.310 e. The molecular weight excluding hydrogens is 214 g/mol. The summed E-state index contributed by atoms with van der Waals surface area (Å²) in [6.45, 7) is 1.64. The van der Waals surface area contributed by atoms with Crippen LogP contribution in [0.3, 0.4) is 0 Å². The van der Waals surface area contributed by atoms with Crippen LogP contribution in [-0.4, -0.2) is 9.97 Å². The van der Waals surface area contributed by atoms with Crippen LogP contribution in [0.1, 0.15) is 5.69 Å². The standard InChI is InChI=1S/C11H8F2N2O/c1-6-4-10(15-11(16)14-6)8-5-7(12)2-3-9(8)13/h2-5H,1H3,(H,14,15,16). The third kappa shape index (κ3) is 1.98. The second-order valence-electron chi connectivity index (χ2n) is 3.38. The number of H-pyrrole nitrogens is 1. The summed E-state index contributed by atoms with van der Waals surface area (Å²) in [4.78, 5) is 17.1. The van der Waals surface area contributed by atoms with E-state index in [0.29, 0.717) is 5.69 Å². The highest BCUT2D eigenvalue weighted by molar-refractivity contribution is 5.59. The van der Waals surface area contributed by atoms with Crippen LogP contribution in [0.25, 0.3) is 11.3 Å². The van der Waals surface area contributed by atoms with Crippen LogP contribution in [0, 0.1) is 18.6 Å². The van der Waals surface area contributed by atoms with Gasteiger partial charge in [-0.3, -0.25) is 0 Å². The van der Waals surface area contributed by atoms with Crippen LogP contribution >= 0.6 is 0 Å². The lowest BCUT2D eigenvalue weighted by atomic mass is 10.1. The van der Waals surface area contributed by atoms with Crippen molar-refractivity contribution >= 4 is 0 Å². The lowest BCUT2D eigenvalue weighted by molar-refractivity contribution is 0.602. The summed E-state index contributed by atoms with van der Waals surface area (Å²) in [6, 6.07) is 4.51. The molecule has 2 rings (SSSR count). The van der Waals surface area contributed by atoms with E-state index < -0.39 is 17.3 Å². The molecule has 82 valence electrons. The number of benzene rings is 1. The molecule has 0 aliphatic carbocycles. The first-order valence-corrected chi connectivity index (χ1v) is 4.59. The van der Waals surface area contributed by atoms with Crippen molar-refractivity contribution in [3.05, 3.63) is 52.1 Å². The minimum absolute atomic E-state index is 0.0193. The first kappa shape index (κ1) is 10.5. The molecule has 0 saturated heterocycles. The lowest BCUT2D eigenvalue weighted by Crippen LogP contribution is -2.12. The molecule has 1 N–H and O–H groups in total. The third-order valence-electron chi connectivity index (χ3n) is 2.08. The summed E-state index contributed by atoms with van der Waals surface area (Å²) < 4.78 is 26.4. The predicted molar refractivity (Wildman–Crippen MR) is 54.9 cm³/mol. The summed E-state index contributed by atoms with van der Waals surface area (Å²) in [5.41, 5.74) is 0.0600. The second-order valence-corrected chi connectivity index (χ2v) is 3.38. The number of nitrogens with zero attached hydrogens (tertiary/aromatic N) is 1. The fraction of sp³-hybridized carbons (Fsp3) is 0.0909. The zero-order chi connectivity index (χ0) is 11.7. The Bertz CT molecular complexity index is 593. The van der Waals surface area contributed by atoms with E-state index in [4.69, 9.17) is 0 Å². The normalized spacial score (nSPS) is 10.4. The van der Waals surface area contributed by atoms with Crippen LogP contribution in [-0.2, 0) is 0 Å². The van der Waals surface area contributed by atoms with Crippen molar-refractivity contribution in [1.82, 2.24) is 9.97 Å². The summed E-state index contributed by atoms with van der Waals surface area (Å²) >= 11 is 0. The smallest absolute Gasteiger partial charge is 0.310 e. The number of hydrogen-bond donors (Lipinski definition) is 1. The number of nitrogens with one attached hydrogen (secondary N) is 1. The zero-order valence-corrected chi connectivity index (χ0v) is 8.42. The molecule has 0 radical (unpaired) electrons. The molecule has 0 unspecified atom stereocenters. The van der Waals surface area contributed by atoms with Gasteiger partial charge in [-0.1, -0.05) is 0 Å². The van der Waals surface area contributed by atoms with Gasteiger partial charge in [-0.05, 0) is 31.2 Å². The molecule has 0 spiro atoms. The molecule has 3 nitrogen and oxygen atoms in total. The monoisotopic (exact) mass is 222 g/mol. The number of aryl methyl sites for hydroxylation is 1. The van der Waals surface area contributed by atoms with Gasteiger partial charge in [-0.2, -0.15) is 4.98 Å². The second kappa shape index (κ2) is 3.84. The van der Waals surface area contributed by atoms with Crippen LogP contribution in [0.15, 0.2) is 29.1 Å². The van der Waals surface area contributed by atoms with Crippen LogP contribution in [0.5, 0.6) is 0 Å². The van der Waals surface area contributed by atoms with Gasteiger partial charge in [0, 0.05) is 11.3 Å². The SMILES string of the molecule is Cc1cc(-c2cc(F)ccc2F)nc(=O)[nH]1. The Morgan fingerprint density at radius 1 is 1.25 bits per heavy atom. The summed E-state index contributed by atoms with van der Waals surface area (Å²) in [7, 11) is 0. The predicted octanol–water partition coefficient (Wildman–Crippen LogP) is 2.02. The average molecular weight is 222 g/mol. The van der Waals surface area contributed by atoms with Gasteiger partial charge in [-0.25, -0.2) is 13.6 Å². The fourth-order valence-electron chi connectivity index (χ4n) is 1.41. The Morgan fingerprint density at radius 2 is 2.00 bits per heavy atom. The lowest BCUT2D eigenvalue weighted by Gasteiger charge is -2.03. The molecule has 1 heterocycles. The van der Waals surface area contributed by atoms with Crippen molar-refractivity contribution in [3.8, 4) is 11.3 Å². The fourth-order valence-corrected chi connectivity index (χ4v) is 1.41. The average Bonchev–Trinajstić information content (AvgIpc) is 2.20. The maximum Gasteiger partial charge on any atom is 0.345 e. The molecule has 0 aliphatic rings. The molecule has 0 aliphatic heterocycles. The molecule has 0 atom stereocenters. The quantitative estimate of drug-likeness (QED) is 0.802. The van der Waals surface area contributed by atoms with E-state index in [1.54, 1.807) is 6.92 Å². The third-order valence-corrected chi connectivity index (χ3v) is 2.08. The molecule has 5 heteroatoms. The van der Waals surface area contributed by atoms with E-state index in [1.807, 2.05) is 0 Å². The van der Waals surface area contributed by atoms with Crippen LogP contribution < -0.4 is 5.69 Å². The van der Waals surface area contributed by atoms with Gasteiger partial charge in [0.1, 0.15) is 11.6 Å². The minimum atomic E-state index is -0.612. The summed E-state index contributed by atoms with van der Waals surface area (Å²) in [5, 5.41) is 0. The highest BCUT2D eigenvalue weighted by atomic mass is 19.1. The van der Waals surface area contributed by atoms with E-state index in [0.717, 1.165) is 18.2 Å². The van der Waals surface area contributed by atoms with Gasteiger partial charge in [0.15, 0.2) is 0 Å². The molecular formula is C11H8F2N2O. The van der Waals surface area contributed by atoms with Gasteiger partial charge in [-0.15, -0.1) is 0 Å². The van der Waals surface area contributed by atoms with Crippen molar-refractivity contribution in [3.63, 3.8) is 0 Å². The summed E-state index contributed by atoms with van der Waals surface area (Å²) in [6.07, 6.45) is 0. The van der Waals surface area contributed by atoms with Gasteiger partial charge >= 0.3 is 5.69 Å². The first-order valence-electron chi connectivity index (χ1n) is 4.59. The van der Waals surface area contributed by atoms with E-state index in [2.05, 4.69) is 9.97 Å². The van der Waals surface area contributed by atoms with E-state index >= 15 is 0 Å². The summed E-state index contributed by atoms with van der Waals surface area (Å²) in [5.74, 6) is -1.19. The molecule has 0 fully saturated rings. The molecule has 16 heavy (non-hydrogen) atoms. The van der Waals surface area contributed by atoms with Gasteiger partial charge in [0.2, 0.25) is 0 Å². The topological polar surface area (TPSA) is 45.8 Å². The number of halogens is 2. The number of hydrogen-bond acceptors (Lipinski definition) is 2. The number of aromatic amines is 1. The maximum absolute atomic E-state index is 13.4. The molecule has 1 aromatic carbocycles. The molecule has 0 bridgehead atoms. The largest absolute Gasteiger partial charge is 0.345 e. The number of aromatic nitrogens is 2. The van der Waals surface area contributed by atoms with E-state index in [-0.39, 0.29) is 11.3 Å². The molecule has 2 aromatic rings. The zero-order valence-electron chi connectivity index (χ0n) is 8.42. The first-order chi connectivity index (χ1) is 7.56. The Morgan fingerprint density at radius 3 is 2.69 bits per heavy atom. The highest BCUT2D eigenvalue weighted by Gasteiger charge is 2.08. The van der Waals surface area contributed by atoms with Crippen molar-refractivity contribution in [2.24, 2.45) is 0 Å². The molecule has 0 amide bonds. The van der Waals surface area contributed by atoms with E-state index in [1.165, 1.54) is 6.07 Å². The van der Waals surface area contributed by atoms with Crippen molar-refractivity contribution < 1.29 is 8.78 Å². The van der Waals surface area contributed by atoms with Crippen LogP contribution in [0.2, 0.25) is 0 Å². The Labute approximate surface area is 89.8 Å². The Hall–Kier alpha value is -2.04. The van der Waals surface area contributed by atoms with Crippen molar-refractivity contribution in [2.45, 2.75) is 6.92 Å². The van der Waals surface area contributed by atoms with Crippen molar-refractivity contribution in [1.29, 1.82) is 0 Å². The molecule has 0 saturated carbocycles. The number of rotatable bonds is 1. The highest BCUT2D eigenvalue weighted by Crippen LogP contribution is 2.20. The van der Waals surface area contributed by atoms with Gasteiger partial charge < -0.3 is 4.98 Å². The van der Waals surface area contributed by atoms with Crippen LogP contribution in [0.4, 0.5) is 8.78 Å². The molecule has 1 aromatic heterocycles. The van der Waals surface area contributed by atoms with Crippen molar-refractivity contribution in [2.75, 3.05) is 0 Å².